The molecule has 0 amide bonds. The van der Waals surface area contributed by atoms with E-state index < -0.39 is 0 Å². The van der Waals surface area contributed by atoms with E-state index in [1.165, 1.54) is 37.7 Å². The van der Waals surface area contributed by atoms with Gasteiger partial charge in [0.05, 0.1) is 0 Å². The molecule has 0 nitrogen and oxygen atoms in total. The van der Waals surface area contributed by atoms with Gasteiger partial charge in [0.1, 0.15) is 0 Å². The van der Waals surface area contributed by atoms with E-state index in [2.05, 4.69) is 42.5 Å². The van der Waals surface area contributed by atoms with Crippen molar-refractivity contribution < 1.29 is 0 Å². The molecular formula is C14H18. The first kappa shape index (κ1) is 9.51. The van der Waals surface area contributed by atoms with Gasteiger partial charge in [-0.05, 0) is 17.9 Å². The summed E-state index contributed by atoms with van der Waals surface area (Å²) in [5.74, 6) is 0.968. The van der Waals surface area contributed by atoms with Crippen molar-refractivity contribution >= 4 is 6.08 Å². The molecule has 0 N–H and O–H groups in total. The van der Waals surface area contributed by atoms with Gasteiger partial charge in [0.25, 0.3) is 0 Å². The van der Waals surface area contributed by atoms with Gasteiger partial charge in [-0.2, -0.15) is 0 Å². The lowest BCUT2D eigenvalue weighted by atomic mass is 10.0. The van der Waals surface area contributed by atoms with Gasteiger partial charge in [0.2, 0.25) is 0 Å². The molecule has 0 spiro atoms. The largest absolute Gasteiger partial charge is 0.0837 e. The average Bonchev–Trinajstić information content (AvgIpc) is 2.72. The fraction of sp³-hybridized carbons (Fsp3) is 0.429. The Labute approximate surface area is 86.7 Å². The smallest absolute Gasteiger partial charge is 0.0260 e. The third-order valence-electron chi connectivity index (χ3n) is 3.05. The Morgan fingerprint density at radius 2 is 1.79 bits per heavy atom. The molecule has 74 valence electrons. The second-order valence-electron chi connectivity index (χ2n) is 4.20. The first-order chi connectivity index (χ1) is 6.95. The number of benzene rings is 1. The maximum Gasteiger partial charge on any atom is -0.0260 e. The summed E-state index contributed by atoms with van der Waals surface area (Å²) in [5.41, 5.74) is 1.32. The van der Waals surface area contributed by atoms with Crippen LogP contribution in [0.1, 0.15) is 37.7 Å². The zero-order valence-corrected chi connectivity index (χ0v) is 8.65. The summed E-state index contributed by atoms with van der Waals surface area (Å²) in [6.07, 6.45) is 11.6. The van der Waals surface area contributed by atoms with Crippen LogP contribution in [-0.2, 0) is 0 Å². The minimum atomic E-state index is 0.968. The predicted octanol–water partition coefficient (Wildman–Crippen LogP) is 4.28. The van der Waals surface area contributed by atoms with Crippen LogP contribution < -0.4 is 0 Å². The normalized spacial score (nSPS) is 18.0. The number of hydrogen-bond acceptors (Lipinski definition) is 0. The highest BCUT2D eigenvalue weighted by atomic mass is 14.2. The van der Waals surface area contributed by atoms with Gasteiger partial charge in [-0.1, -0.05) is 68.2 Å². The van der Waals surface area contributed by atoms with Crippen LogP contribution in [0.3, 0.4) is 0 Å². The van der Waals surface area contributed by atoms with Crippen molar-refractivity contribution in [3.05, 3.63) is 42.0 Å². The molecule has 1 fully saturated rings. The Balaban J connectivity index is 1.82. The predicted molar refractivity (Wildman–Crippen MR) is 62.1 cm³/mol. The van der Waals surface area contributed by atoms with Gasteiger partial charge >= 0.3 is 0 Å². The summed E-state index contributed by atoms with van der Waals surface area (Å²) in [5, 5.41) is 0. The van der Waals surface area contributed by atoms with Crippen molar-refractivity contribution in [3.8, 4) is 0 Å². The van der Waals surface area contributed by atoms with Gasteiger partial charge in [-0.25, -0.2) is 0 Å². The third-order valence-corrected chi connectivity index (χ3v) is 3.05. The second kappa shape index (κ2) is 4.99. The molecule has 0 saturated heterocycles. The van der Waals surface area contributed by atoms with Crippen LogP contribution in [0.15, 0.2) is 36.4 Å². The van der Waals surface area contributed by atoms with E-state index in [9.17, 15) is 0 Å². The summed E-state index contributed by atoms with van der Waals surface area (Å²) in [6.45, 7) is 0. The second-order valence-corrected chi connectivity index (χ2v) is 4.20. The molecule has 1 saturated carbocycles. The van der Waals surface area contributed by atoms with Crippen LogP contribution in [0, 0.1) is 5.92 Å². The highest BCUT2D eigenvalue weighted by Gasteiger charge is 2.12. The van der Waals surface area contributed by atoms with Crippen molar-refractivity contribution in [1.82, 2.24) is 0 Å². The SMILES string of the molecule is C(=Cc1ccccc1)CC1CCCC1. The topological polar surface area (TPSA) is 0 Å². The summed E-state index contributed by atoms with van der Waals surface area (Å²) in [6, 6.07) is 10.6. The van der Waals surface area contributed by atoms with Gasteiger partial charge in [-0.15, -0.1) is 0 Å². The van der Waals surface area contributed by atoms with Crippen LogP contribution in [0.2, 0.25) is 0 Å². The third kappa shape index (κ3) is 2.73. The highest BCUT2D eigenvalue weighted by molar-refractivity contribution is 5.48. The van der Waals surface area contributed by atoms with Crippen molar-refractivity contribution in [1.29, 1.82) is 0 Å². The maximum atomic E-state index is 2.34. The van der Waals surface area contributed by atoms with Gasteiger partial charge < -0.3 is 0 Å². The van der Waals surface area contributed by atoms with Crippen LogP contribution in [0.4, 0.5) is 0 Å². The summed E-state index contributed by atoms with van der Waals surface area (Å²) in [4.78, 5) is 0. The van der Waals surface area contributed by atoms with Crippen molar-refractivity contribution in [3.63, 3.8) is 0 Å². The van der Waals surface area contributed by atoms with Crippen LogP contribution in [-0.4, -0.2) is 0 Å². The van der Waals surface area contributed by atoms with E-state index in [1.54, 1.807) is 0 Å². The quantitative estimate of drug-likeness (QED) is 0.661. The average molecular weight is 186 g/mol. The molecule has 2 rings (SSSR count). The summed E-state index contributed by atoms with van der Waals surface area (Å²) < 4.78 is 0. The molecule has 0 unspecified atom stereocenters. The fourth-order valence-corrected chi connectivity index (χ4v) is 2.21. The lowest BCUT2D eigenvalue weighted by Gasteiger charge is -2.02. The van der Waals surface area contributed by atoms with Crippen LogP contribution in [0.5, 0.6) is 0 Å². The number of rotatable bonds is 3. The molecule has 1 aromatic rings. The zero-order valence-electron chi connectivity index (χ0n) is 8.65. The lowest BCUT2D eigenvalue weighted by Crippen LogP contribution is -1.88. The monoisotopic (exact) mass is 186 g/mol. The first-order valence-electron chi connectivity index (χ1n) is 5.67. The molecule has 0 bridgehead atoms. The Hall–Kier alpha value is -1.04. The molecule has 0 aliphatic heterocycles. The highest BCUT2D eigenvalue weighted by Crippen LogP contribution is 2.27. The van der Waals surface area contributed by atoms with Crippen LogP contribution >= 0.6 is 0 Å². The minimum Gasteiger partial charge on any atom is -0.0837 e. The van der Waals surface area contributed by atoms with Gasteiger partial charge in [0, 0.05) is 0 Å². The molecule has 1 aromatic carbocycles. The summed E-state index contributed by atoms with van der Waals surface area (Å²) >= 11 is 0. The molecule has 0 radical (unpaired) electrons. The first-order valence-corrected chi connectivity index (χ1v) is 5.67. The van der Waals surface area contributed by atoms with E-state index in [-0.39, 0.29) is 0 Å². The van der Waals surface area contributed by atoms with E-state index >= 15 is 0 Å². The molecule has 14 heavy (non-hydrogen) atoms. The maximum absolute atomic E-state index is 2.34. The standard InChI is InChI=1S/C14H18/c1-2-7-13(8-3-1)11-6-12-14-9-4-5-10-14/h1-3,6-8,11,14H,4-5,9-10,12H2. The molecule has 1 aliphatic rings. The summed E-state index contributed by atoms with van der Waals surface area (Å²) in [7, 11) is 0. The Morgan fingerprint density at radius 3 is 2.50 bits per heavy atom. The zero-order chi connectivity index (χ0) is 9.64. The molecular weight excluding hydrogens is 168 g/mol. The van der Waals surface area contributed by atoms with Crippen LogP contribution in [0.25, 0.3) is 6.08 Å². The Morgan fingerprint density at radius 1 is 1.07 bits per heavy atom. The van der Waals surface area contributed by atoms with Crippen molar-refractivity contribution in [2.45, 2.75) is 32.1 Å². The van der Waals surface area contributed by atoms with Gasteiger partial charge in [-0.3, -0.25) is 0 Å². The Bertz CT molecular complexity index is 278. The molecule has 1 aliphatic carbocycles. The molecule has 0 atom stereocenters. The van der Waals surface area contributed by atoms with E-state index in [1.807, 2.05) is 0 Å². The molecule has 0 heterocycles. The molecule has 0 heteroatoms. The Kier molecular flexibility index (Phi) is 3.39. The number of hydrogen-bond donors (Lipinski definition) is 0. The fourth-order valence-electron chi connectivity index (χ4n) is 2.21. The minimum absolute atomic E-state index is 0.968. The van der Waals surface area contributed by atoms with Gasteiger partial charge in [0.15, 0.2) is 0 Å². The van der Waals surface area contributed by atoms with E-state index in [4.69, 9.17) is 0 Å². The van der Waals surface area contributed by atoms with Crippen molar-refractivity contribution in [2.75, 3.05) is 0 Å². The van der Waals surface area contributed by atoms with E-state index in [0.717, 1.165) is 5.92 Å². The number of allylic oxidation sites excluding steroid dienone is 1. The molecule has 0 aromatic heterocycles. The van der Waals surface area contributed by atoms with Crippen molar-refractivity contribution in [2.24, 2.45) is 5.92 Å². The van der Waals surface area contributed by atoms with E-state index in [0.29, 0.717) is 0 Å². The lowest BCUT2D eigenvalue weighted by molar-refractivity contribution is 0.559.